The Kier molecular flexibility index (Phi) is 3.84. The minimum absolute atomic E-state index is 0.0382. The highest BCUT2D eigenvalue weighted by atomic mass is 127. The first kappa shape index (κ1) is 13.5. The zero-order valence-electron chi connectivity index (χ0n) is 9.76. The summed E-state index contributed by atoms with van der Waals surface area (Å²) in [5.41, 5.74) is 6.57. The SMILES string of the molecule is NC(=O)c1c(C(=O)O)cccc1-c1ccc(I)cc1. The fourth-order valence-electron chi connectivity index (χ4n) is 1.87. The van der Waals surface area contributed by atoms with E-state index >= 15 is 0 Å². The molecular weight excluding hydrogens is 357 g/mol. The van der Waals surface area contributed by atoms with Gasteiger partial charge in [-0.3, -0.25) is 4.79 Å². The molecule has 0 bridgehead atoms. The van der Waals surface area contributed by atoms with Crippen molar-refractivity contribution in [3.8, 4) is 11.1 Å². The summed E-state index contributed by atoms with van der Waals surface area (Å²) in [7, 11) is 0. The molecule has 96 valence electrons. The van der Waals surface area contributed by atoms with E-state index in [4.69, 9.17) is 10.8 Å². The van der Waals surface area contributed by atoms with E-state index in [1.165, 1.54) is 6.07 Å². The predicted molar refractivity (Wildman–Crippen MR) is 80.1 cm³/mol. The van der Waals surface area contributed by atoms with Crippen LogP contribution in [0.15, 0.2) is 42.5 Å². The summed E-state index contributed by atoms with van der Waals surface area (Å²) in [6, 6.07) is 12.1. The van der Waals surface area contributed by atoms with Gasteiger partial charge in [0.15, 0.2) is 0 Å². The summed E-state index contributed by atoms with van der Waals surface area (Å²) in [5, 5.41) is 9.12. The topological polar surface area (TPSA) is 80.4 Å². The van der Waals surface area contributed by atoms with Crippen molar-refractivity contribution in [2.24, 2.45) is 5.73 Å². The number of carbonyl (C=O) groups excluding carboxylic acids is 1. The van der Waals surface area contributed by atoms with Gasteiger partial charge in [-0.1, -0.05) is 24.3 Å². The first-order chi connectivity index (χ1) is 9.00. The van der Waals surface area contributed by atoms with Crippen LogP contribution in [0.25, 0.3) is 11.1 Å². The van der Waals surface area contributed by atoms with Crippen LogP contribution in [-0.4, -0.2) is 17.0 Å². The molecule has 2 rings (SSSR count). The lowest BCUT2D eigenvalue weighted by Crippen LogP contribution is -2.17. The van der Waals surface area contributed by atoms with Crippen molar-refractivity contribution in [3.05, 3.63) is 57.2 Å². The van der Waals surface area contributed by atoms with E-state index in [1.807, 2.05) is 24.3 Å². The van der Waals surface area contributed by atoms with E-state index in [0.717, 1.165) is 9.13 Å². The van der Waals surface area contributed by atoms with Crippen molar-refractivity contribution in [3.63, 3.8) is 0 Å². The summed E-state index contributed by atoms with van der Waals surface area (Å²) < 4.78 is 1.05. The van der Waals surface area contributed by atoms with Gasteiger partial charge in [0.05, 0.1) is 11.1 Å². The normalized spacial score (nSPS) is 10.2. The molecule has 0 spiro atoms. The van der Waals surface area contributed by atoms with E-state index in [0.29, 0.717) is 5.56 Å². The molecule has 4 nitrogen and oxygen atoms in total. The number of halogens is 1. The molecule has 2 aromatic carbocycles. The lowest BCUT2D eigenvalue weighted by atomic mass is 9.95. The van der Waals surface area contributed by atoms with E-state index in [-0.39, 0.29) is 11.1 Å². The molecule has 0 radical (unpaired) electrons. The van der Waals surface area contributed by atoms with Gasteiger partial charge in [0.2, 0.25) is 5.91 Å². The predicted octanol–water partition coefficient (Wildman–Crippen LogP) is 2.76. The average Bonchev–Trinajstić information content (AvgIpc) is 2.38. The van der Waals surface area contributed by atoms with E-state index < -0.39 is 11.9 Å². The molecule has 0 saturated heterocycles. The first-order valence-electron chi connectivity index (χ1n) is 5.42. The van der Waals surface area contributed by atoms with Crippen molar-refractivity contribution in [2.75, 3.05) is 0 Å². The van der Waals surface area contributed by atoms with E-state index in [2.05, 4.69) is 22.6 Å². The lowest BCUT2D eigenvalue weighted by Gasteiger charge is -2.10. The van der Waals surface area contributed by atoms with Crippen LogP contribution in [0.4, 0.5) is 0 Å². The van der Waals surface area contributed by atoms with Crippen LogP contribution in [0.3, 0.4) is 0 Å². The molecule has 0 saturated carbocycles. The van der Waals surface area contributed by atoms with Crippen molar-refractivity contribution in [2.45, 2.75) is 0 Å². The molecule has 5 heteroatoms. The molecule has 0 aliphatic carbocycles. The van der Waals surface area contributed by atoms with Crippen LogP contribution in [0, 0.1) is 3.57 Å². The Balaban J connectivity index is 2.69. The van der Waals surface area contributed by atoms with Crippen molar-refractivity contribution < 1.29 is 14.7 Å². The van der Waals surface area contributed by atoms with Crippen LogP contribution >= 0.6 is 22.6 Å². The highest BCUT2D eigenvalue weighted by Gasteiger charge is 2.19. The number of nitrogens with two attached hydrogens (primary N) is 1. The number of carboxylic acids is 1. The van der Waals surface area contributed by atoms with Crippen LogP contribution in [-0.2, 0) is 0 Å². The standard InChI is InChI=1S/C14H10INO3/c15-9-6-4-8(5-7-9)10-2-1-3-11(14(18)19)12(10)13(16)17/h1-7H,(H2,16,17)(H,18,19). The van der Waals surface area contributed by atoms with E-state index in [9.17, 15) is 9.59 Å². The van der Waals surface area contributed by atoms with Gasteiger partial charge in [-0.05, 0) is 51.9 Å². The van der Waals surface area contributed by atoms with Crippen LogP contribution in [0.1, 0.15) is 20.7 Å². The minimum Gasteiger partial charge on any atom is -0.478 e. The zero-order chi connectivity index (χ0) is 14.0. The second kappa shape index (κ2) is 5.40. The van der Waals surface area contributed by atoms with E-state index in [1.54, 1.807) is 12.1 Å². The molecule has 0 fully saturated rings. The van der Waals surface area contributed by atoms with Gasteiger partial charge < -0.3 is 10.8 Å². The second-order valence-electron chi connectivity index (χ2n) is 3.90. The van der Waals surface area contributed by atoms with Gasteiger partial charge in [0.25, 0.3) is 0 Å². The van der Waals surface area contributed by atoms with Gasteiger partial charge >= 0.3 is 5.97 Å². The molecule has 0 heterocycles. The number of carbonyl (C=O) groups is 2. The number of benzene rings is 2. The Morgan fingerprint density at radius 3 is 2.21 bits per heavy atom. The van der Waals surface area contributed by atoms with Crippen LogP contribution in [0.2, 0.25) is 0 Å². The maximum atomic E-state index is 11.5. The summed E-state index contributed by atoms with van der Waals surface area (Å²) >= 11 is 2.17. The first-order valence-corrected chi connectivity index (χ1v) is 6.50. The molecular formula is C14H10INO3. The average molecular weight is 367 g/mol. The third-order valence-electron chi connectivity index (χ3n) is 2.70. The number of aromatic carboxylic acids is 1. The fraction of sp³-hybridized carbons (Fsp3) is 0. The quantitative estimate of drug-likeness (QED) is 0.819. The lowest BCUT2D eigenvalue weighted by molar-refractivity contribution is 0.0692. The largest absolute Gasteiger partial charge is 0.478 e. The smallest absolute Gasteiger partial charge is 0.336 e. The van der Waals surface area contributed by atoms with Gasteiger partial charge in [-0.15, -0.1) is 0 Å². The fourth-order valence-corrected chi connectivity index (χ4v) is 2.23. The zero-order valence-corrected chi connectivity index (χ0v) is 11.9. The number of rotatable bonds is 3. The summed E-state index contributed by atoms with van der Waals surface area (Å²) in [5.74, 6) is -1.91. The molecule has 0 atom stereocenters. The van der Waals surface area contributed by atoms with Crippen molar-refractivity contribution in [1.29, 1.82) is 0 Å². The second-order valence-corrected chi connectivity index (χ2v) is 5.15. The molecule has 19 heavy (non-hydrogen) atoms. The molecule has 0 unspecified atom stereocenters. The molecule has 1 amide bonds. The van der Waals surface area contributed by atoms with Gasteiger partial charge in [0, 0.05) is 3.57 Å². The third kappa shape index (κ3) is 2.76. The number of hydrogen-bond donors (Lipinski definition) is 2. The Labute approximate surface area is 123 Å². The maximum absolute atomic E-state index is 11.5. The number of amides is 1. The Morgan fingerprint density at radius 1 is 1.05 bits per heavy atom. The maximum Gasteiger partial charge on any atom is 0.336 e. The molecule has 3 N–H and O–H groups in total. The highest BCUT2D eigenvalue weighted by Crippen LogP contribution is 2.26. The molecule has 0 aromatic heterocycles. The highest BCUT2D eigenvalue weighted by molar-refractivity contribution is 14.1. The summed E-state index contributed by atoms with van der Waals surface area (Å²) in [6.45, 7) is 0. The van der Waals surface area contributed by atoms with Crippen LogP contribution in [0.5, 0.6) is 0 Å². The minimum atomic E-state index is -1.17. The van der Waals surface area contributed by atoms with Crippen LogP contribution < -0.4 is 5.73 Å². The Bertz CT molecular complexity index is 650. The monoisotopic (exact) mass is 367 g/mol. The molecule has 0 aliphatic heterocycles. The van der Waals surface area contributed by atoms with Gasteiger partial charge in [-0.2, -0.15) is 0 Å². The van der Waals surface area contributed by atoms with Crippen molar-refractivity contribution >= 4 is 34.5 Å². The van der Waals surface area contributed by atoms with Gasteiger partial charge in [-0.25, -0.2) is 4.79 Å². The Morgan fingerprint density at radius 2 is 1.68 bits per heavy atom. The Hall–Kier alpha value is -1.89. The van der Waals surface area contributed by atoms with Gasteiger partial charge in [0.1, 0.15) is 0 Å². The third-order valence-corrected chi connectivity index (χ3v) is 3.42. The number of carboxylic acid groups (broad SMARTS) is 1. The molecule has 0 aliphatic rings. The van der Waals surface area contributed by atoms with Crippen molar-refractivity contribution in [1.82, 2.24) is 0 Å². The number of primary amides is 1. The molecule has 2 aromatic rings. The summed E-state index contributed by atoms with van der Waals surface area (Å²) in [6.07, 6.45) is 0. The number of hydrogen-bond acceptors (Lipinski definition) is 2. The summed E-state index contributed by atoms with van der Waals surface area (Å²) in [4.78, 5) is 22.7.